The standard InChI is InChI=1S/C17H24O3S/c1-3-4-5-6-7-15-12-20-13-17(15)21(18,19)16-10-8-14(2)9-11-16/h7-11,17H,3-6,12-13H2,1-2H3. The van der Waals surface area contributed by atoms with Crippen LogP contribution in [0.15, 0.2) is 40.8 Å². The molecule has 0 radical (unpaired) electrons. The van der Waals surface area contributed by atoms with E-state index in [2.05, 4.69) is 13.0 Å². The van der Waals surface area contributed by atoms with E-state index in [1.165, 1.54) is 12.8 Å². The Kier molecular flexibility index (Phi) is 5.59. The Labute approximate surface area is 127 Å². The van der Waals surface area contributed by atoms with E-state index < -0.39 is 15.1 Å². The molecule has 1 aliphatic rings. The number of sulfone groups is 1. The minimum absolute atomic E-state index is 0.274. The van der Waals surface area contributed by atoms with Crippen LogP contribution in [-0.4, -0.2) is 26.9 Å². The molecule has 116 valence electrons. The van der Waals surface area contributed by atoms with Gasteiger partial charge in [0.2, 0.25) is 0 Å². The van der Waals surface area contributed by atoms with Gasteiger partial charge in [-0.05, 0) is 37.5 Å². The van der Waals surface area contributed by atoms with Crippen LogP contribution in [0.2, 0.25) is 0 Å². The summed E-state index contributed by atoms with van der Waals surface area (Å²) >= 11 is 0. The molecule has 1 atom stereocenters. The van der Waals surface area contributed by atoms with Crippen molar-refractivity contribution in [2.75, 3.05) is 13.2 Å². The van der Waals surface area contributed by atoms with Gasteiger partial charge >= 0.3 is 0 Å². The summed E-state index contributed by atoms with van der Waals surface area (Å²) in [4.78, 5) is 0.392. The van der Waals surface area contributed by atoms with Gasteiger partial charge in [-0.15, -0.1) is 0 Å². The first-order chi connectivity index (χ1) is 10.1. The molecular formula is C17H24O3S. The Bertz CT molecular complexity index is 585. The molecule has 0 amide bonds. The van der Waals surface area contributed by atoms with Gasteiger partial charge in [0.25, 0.3) is 0 Å². The lowest BCUT2D eigenvalue weighted by Crippen LogP contribution is -2.23. The van der Waals surface area contributed by atoms with Gasteiger partial charge in [-0.1, -0.05) is 43.5 Å². The largest absolute Gasteiger partial charge is 0.375 e. The van der Waals surface area contributed by atoms with Crippen LogP contribution in [-0.2, 0) is 14.6 Å². The number of allylic oxidation sites excluding steroid dienone is 1. The predicted molar refractivity (Wildman–Crippen MR) is 85.2 cm³/mol. The van der Waals surface area contributed by atoms with E-state index in [0.29, 0.717) is 11.5 Å². The zero-order chi connectivity index (χ0) is 15.3. The summed E-state index contributed by atoms with van der Waals surface area (Å²) in [5.41, 5.74) is 1.98. The Morgan fingerprint density at radius 2 is 1.95 bits per heavy atom. The number of hydrogen-bond acceptors (Lipinski definition) is 3. The van der Waals surface area contributed by atoms with Crippen LogP contribution < -0.4 is 0 Å². The second-order valence-electron chi connectivity index (χ2n) is 5.64. The van der Waals surface area contributed by atoms with Gasteiger partial charge in [-0.3, -0.25) is 0 Å². The van der Waals surface area contributed by atoms with Crippen LogP contribution >= 0.6 is 0 Å². The van der Waals surface area contributed by atoms with E-state index in [-0.39, 0.29) is 6.61 Å². The fourth-order valence-electron chi connectivity index (χ4n) is 2.54. The Balaban J connectivity index is 2.16. The van der Waals surface area contributed by atoms with E-state index in [4.69, 9.17) is 4.74 Å². The Hall–Kier alpha value is -1.13. The normalized spacial score (nSPS) is 21.0. The second kappa shape index (κ2) is 7.23. The lowest BCUT2D eigenvalue weighted by Gasteiger charge is -2.12. The van der Waals surface area contributed by atoms with Gasteiger partial charge in [-0.25, -0.2) is 8.42 Å². The van der Waals surface area contributed by atoms with Gasteiger partial charge in [0.05, 0.1) is 18.1 Å². The number of rotatable bonds is 6. The van der Waals surface area contributed by atoms with E-state index in [0.717, 1.165) is 24.0 Å². The maximum absolute atomic E-state index is 12.7. The van der Waals surface area contributed by atoms with E-state index in [1.54, 1.807) is 12.1 Å². The average Bonchev–Trinajstić information content (AvgIpc) is 2.93. The predicted octanol–water partition coefficient (Wildman–Crippen LogP) is 3.67. The molecule has 1 fully saturated rings. The van der Waals surface area contributed by atoms with Crippen molar-refractivity contribution in [3.05, 3.63) is 41.5 Å². The van der Waals surface area contributed by atoms with Crippen LogP contribution in [0, 0.1) is 6.92 Å². The highest BCUT2D eigenvalue weighted by molar-refractivity contribution is 7.92. The summed E-state index contributed by atoms with van der Waals surface area (Å²) in [6.45, 7) is 4.84. The van der Waals surface area contributed by atoms with Crippen molar-refractivity contribution >= 4 is 9.84 Å². The minimum Gasteiger partial charge on any atom is -0.375 e. The first-order valence-corrected chi connectivity index (χ1v) is 9.17. The molecular weight excluding hydrogens is 284 g/mol. The zero-order valence-corrected chi connectivity index (χ0v) is 13.7. The highest BCUT2D eigenvalue weighted by atomic mass is 32.2. The van der Waals surface area contributed by atoms with Crippen molar-refractivity contribution in [1.82, 2.24) is 0 Å². The van der Waals surface area contributed by atoms with Crippen LogP contribution in [0.25, 0.3) is 0 Å². The Morgan fingerprint density at radius 1 is 1.24 bits per heavy atom. The Morgan fingerprint density at radius 3 is 2.62 bits per heavy atom. The van der Waals surface area contributed by atoms with Crippen LogP contribution in [0.5, 0.6) is 0 Å². The average molecular weight is 308 g/mol. The fraction of sp³-hybridized carbons (Fsp3) is 0.529. The van der Waals surface area contributed by atoms with Gasteiger partial charge in [0.15, 0.2) is 9.84 Å². The van der Waals surface area contributed by atoms with Crippen molar-refractivity contribution in [1.29, 1.82) is 0 Å². The molecule has 1 heterocycles. The number of aryl methyl sites for hydroxylation is 1. The topological polar surface area (TPSA) is 43.4 Å². The molecule has 21 heavy (non-hydrogen) atoms. The molecule has 2 rings (SSSR count). The first kappa shape index (κ1) is 16.2. The highest BCUT2D eigenvalue weighted by Crippen LogP contribution is 2.27. The summed E-state index contributed by atoms with van der Waals surface area (Å²) in [6.07, 6.45) is 6.47. The smallest absolute Gasteiger partial charge is 0.187 e. The second-order valence-corrected chi connectivity index (χ2v) is 7.77. The van der Waals surface area contributed by atoms with Crippen molar-refractivity contribution in [3.8, 4) is 0 Å². The maximum Gasteiger partial charge on any atom is 0.187 e. The zero-order valence-electron chi connectivity index (χ0n) is 12.8. The maximum atomic E-state index is 12.7. The molecule has 1 aromatic rings. The van der Waals surface area contributed by atoms with Crippen molar-refractivity contribution < 1.29 is 13.2 Å². The number of hydrogen-bond donors (Lipinski definition) is 0. The molecule has 4 heteroatoms. The molecule has 0 saturated carbocycles. The number of ether oxygens (including phenoxy) is 1. The van der Waals surface area contributed by atoms with E-state index in [1.807, 2.05) is 19.1 Å². The summed E-state index contributed by atoms with van der Waals surface area (Å²) in [5.74, 6) is 0. The molecule has 1 saturated heterocycles. The third-order valence-electron chi connectivity index (χ3n) is 3.89. The van der Waals surface area contributed by atoms with Gasteiger partial charge in [0, 0.05) is 0 Å². The third kappa shape index (κ3) is 3.95. The molecule has 1 aliphatic heterocycles. The molecule has 0 N–H and O–H groups in total. The molecule has 0 aromatic heterocycles. The summed E-state index contributed by atoms with van der Waals surface area (Å²) in [5, 5.41) is -0.512. The molecule has 1 unspecified atom stereocenters. The first-order valence-electron chi connectivity index (χ1n) is 7.63. The van der Waals surface area contributed by atoms with E-state index in [9.17, 15) is 8.42 Å². The summed E-state index contributed by atoms with van der Waals surface area (Å²) < 4.78 is 30.9. The molecule has 0 aliphatic carbocycles. The van der Waals surface area contributed by atoms with Crippen molar-refractivity contribution in [2.24, 2.45) is 0 Å². The minimum atomic E-state index is -3.34. The van der Waals surface area contributed by atoms with Gasteiger partial charge in [-0.2, -0.15) is 0 Å². The molecule has 0 spiro atoms. The molecule has 1 aromatic carbocycles. The summed E-state index contributed by atoms with van der Waals surface area (Å²) in [7, 11) is -3.34. The molecule has 3 nitrogen and oxygen atoms in total. The van der Waals surface area contributed by atoms with Crippen molar-refractivity contribution in [3.63, 3.8) is 0 Å². The lowest BCUT2D eigenvalue weighted by molar-refractivity contribution is 0.205. The summed E-state index contributed by atoms with van der Waals surface area (Å²) in [6, 6.07) is 7.07. The lowest BCUT2D eigenvalue weighted by atomic mass is 10.1. The van der Waals surface area contributed by atoms with Gasteiger partial charge in [0.1, 0.15) is 5.25 Å². The monoisotopic (exact) mass is 308 g/mol. The van der Waals surface area contributed by atoms with Crippen LogP contribution in [0.3, 0.4) is 0 Å². The quantitative estimate of drug-likeness (QED) is 0.595. The fourth-order valence-corrected chi connectivity index (χ4v) is 4.22. The molecule has 0 bridgehead atoms. The van der Waals surface area contributed by atoms with E-state index >= 15 is 0 Å². The number of unbranched alkanes of at least 4 members (excludes halogenated alkanes) is 3. The van der Waals surface area contributed by atoms with Gasteiger partial charge < -0.3 is 4.74 Å². The van der Waals surface area contributed by atoms with Crippen molar-refractivity contribution in [2.45, 2.75) is 49.7 Å². The van der Waals surface area contributed by atoms with Crippen LogP contribution in [0.1, 0.15) is 38.2 Å². The van der Waals surface area contributed by atoms with Crippen LogP contribution in [0.4, 0.5) is 0 Å². The third-order valence-corrected chi connectivity index (χ3v) is 6.01. The highest BCUT2D eigenvalue weighted by Gasteiger charge is 2.34. The number of benzene rings is 1. The SMILES string of the molecule is CCCCCC=C1COCC1S(=O)(=O)c1ccc(C)cc1.